The van der Waals surface area contributed by atoms with Crippen LogP contribution >= 0.6 is 15.9 Å². The zero-order valence-electron chi connectivity index (χ0n) is 14.2. The number of esters is 1. The van der Waals surface area contributed by atoms with Crippen molar-refractivity contribution in [3.63, 3.8) is 0 Å². The van der Waals surface area contributed by atoms with Crippen LogP contribution < -0.4 is 14.8 Å². The highest BCUT2D eigenvalue weighted by Gasteiger charge is 2.18. The molecule has 0 aliphatic carbocycles. The third kappa shape index (κ3) is 4.57. The van der Waals surface area contributed by atoms with Crippen LogP contribution in [0.15, 0.2) is 65.3 Å². The van der Waals surface area contributed by atoms with Crippen molar-refractivity contribution in [3.8, 4) is 11.5 Å². The summed E-state index contributed by atoms with van der Waals surface area (Å²) in [4.78, 5) is 24.9. The molecule has 0 fully saturated rings. The number of amides is 1. The molecule has 1 heterocycles. The Balaban J connectivity index is 1.88. The topological polar surface area (TPSA) is 73.9 Å². The van der Waals surface area contributed by atoms with E-state index in [9.17, 15) is 9.59 Å². The van der Waals surface area contributed by atoms with Crippen LogP contribution in [0, 0.1) is 0 Å². The van der Waals surface area contributed by atoms with Gasteiger partial charge < -0.3 is 19.5 Å². The van der Waals surface area contributed by atoms with Gasteiger partial charge in [-0.05, 0) is 51.8 Å². The number of fused-ring (bicyclic) bond motifs is 1. The van der Waals surface area contributed by atoms with E-state index >= 15 is 0 Å². The quantitative estimate of drug-likeness (QED) is 0.430. The lowest BCUT2D eigenvalue weighted by atomic mass is 10.1. The first-order chi connectivity index (χ1) is 13.1. The lowest BCUT2D eigenvalue weighted by molar-refractivity contribution is -0.138. The average Bonchev–Trinajstić information content (AvgIpc) is 3.13. The van der Waals surface area contributed by atoms with Crippen molar-refractivity contribution in [1.82, 2.24) is 5.32 Å². The number of rotatable bonds is 6. The van der Waals surface area contributed by atoms with Crippen LogP contribution in [-0.4, -0.2) is 25.3 Å². The molecule has 1 aliphatic rings. The molecule has 0 spiro atoms. The molecular formula is C20H16BrNO5. The fourth-order valence-electron chi connectivity index (χ4n) is 2.36. The molecule has 0 bridgehead atoms. The van der Waals surface area contributed by atoms with Gasteiger partial charge in [0.25, 0.3) is 5.91 Å². The molecule has 27 heavy (non-hydrogen) atoms. The van der Waals surface area contributed by atoms with E-state index in [2.05, 4.69) is 27.8 Å². The van der Waals surface area contributed by atoms with E-state index in [0.717, 1.165) is 0 Å². The monoisotopic (exact) mass is 429 g/mol. The Hall–Kier alpha value is -3.06. The molecule has 1 N–H and O–H groups in total. The van der Waals surface area contributed by atoms with E-state index in [4.69, 9.17) is 14.2 Å². The predicted octanol–water partition coefficient (Wildman–Crippen LogP) is 3.68. The second kappa shape index (κ2) is 8.55. The summed E-state index contributed by atoms with van der Waals surface area (Å²) in [5.74, 6) is 0.0814. The Morgan fingerprint density at radius 1 is 1.19 bits per heavy atom. The summed E-state index contributed by atoms with van der Waals surface area (Å²) in [6, 6.07) is 12.1. The van der Waals surface area contributed by atoms with Gasteiger partial charge in [0.2, 0.25) is 6.79 Å². The first kappa shape index (κ1) is 18.7. The third-order valence-corrected chi connectivity index (χ3v) is 4.32. The molecule has 0 aromatic heterocycles. The van der Waals surface area contributed by atoms with Crippen LogP contribution in [0.4, 0.5) is 0 Å². The predicted molar refractivity (Wildman–Crippen MR) is 103 cm³/mol. The van der Waals surface area contributed by atoms with E-state index in [1.165, 1.54) is 12.2 Å². The minimum Gasteiger partial charge on any atom is -0.457 e. The molecule has 2 aromatic rings. The van der Waals surface area contributed by atoms with Crippen molar-refractivity contribution in [3.05, 3.63) is 76.4 Å². The summed E-state index contributed by atoms with van der Waals surface area (Å²) >= 11 is 3.33. The molecule has 1 aliphatic heterocycles. The second-order valence-electron chi connectivity index (χ2n) is 5.49. The lowest BCUT2D eigenvalue weighted by Crippen LogP contribution is -2.28. The van der Waals surface area contributed by atoms with Crippen molar-refractivity contribution in [1.29, 1.82) is 0 Å². The van der Waals surface area contributed by atoms with Gasteiger partial charge in [0.1, 0.15) is 12.3 Å². The van der Waals surface area contributed by atoms with Gasteiger partial charge >= 0.3 is 5.97 Å². The number of carbonyl (C=O) groups is 2. The van der Waals surface area contributed by atoms with E-state index in [-0.39, 0.29) is 19.1 Å². The van der Waals surface area contributed by atoms with Gasteiger partial charge in [0.15, 0.2) is 11.5 Å². The summed E-state index contributed by atoms with van der Waals surface area (Å²) < 4.78 is 16.3. The van der Waals surface area contributed by atoms with Crippen LogP contribution in [0.3, 0.4) is 0 Å². The molecular weight excluding hydrogens is 414 g/mol. The second-order valence-corrected chi connectivity index (χ2v) is 6.35. The molecule has 2 aromatic carbocycles. The first-order valence-electron chi connectivity index (χ1n) is 8.03. The number of hydrogen-bond donors (Lipinski definition) is 1. The average molecular weight is 430 g/mol. The van der Waals surface area contributed by atoms with E-state index in [1.54, 1.807) is 42.5 Å². The van der Waals surface area contributed by atoms with E-state index < -0.39 is 11.9 Å². The van der Waals surface area contributed by atoms with Crippen molar-refractivity contribution < 1.29 is 23.8 Å². The molecule has 6 nitrogen and oxygen atoms in total. The van der Waals surface area contributed by atoms with Gasteiger partial charge in [-0.15, -0.1) is 0 Å². The Bertz CT molecular complexity index is 922. The highest BCUT2D eigenvalue weighted by molar-refractivity contribution is 9.10. The Morgan fingerprint density at radius 2 is 1.96 bits per heavy atom. The van der Waals surface area contributed by atoms with E-state index in [0.29, 0.717) is 27.1 Å². The fraction of sp³-hybridized carbons (Fsp3) is 0.100. The van der Waals surface area contributed by atoms with Crippen LogP contribution in [-0.2, 0) is 9.53 Å². The molecule has 0 saturated carbocycles. The Labute approximate surface area is 164 Å². The largest absolute Gasteiger partial charge is 0.457 e. The summed E-state index contributed by atoms with van der Waals surface area (Å²) in [6.07, 6.45) is 2.97. The third-order valence-electron chi connectivity index (χ3n) is 3.63. The maximum absolute atomic E-state index is 12.6. The van der Waals surface area contributed by atoms with Crippen molar-refractivity contribution in [2.45, 2.75) is 0 Å². The lowest BCUT2D eigenvalue weighted by Gasteiger charge is -2.11. The number of carbonyl (C=O) groups excluding carboxylic acids is 2. The Kier molecular flexibility index (Phi) is 5.93. The zero-order valence-corrected chi connectivity index (χ0v) is 15.8. The van der Waals surface area contributed by atoms with Gasteiger partial charge in [-0.1, -0.05) is 30.9 Å². The van der Waals surface area contributed by atoms with Crippen LogP contribution in [0.5, 0.6) is 11.5 Å². The van der Waals surface area contributed by atoms with Crippen molar-refractivity contribution in [2.75, 3.05) is 13.4 Å². The maximum Gasteiger partial charge on any atom is 0.355 e. The molecule has 138 valence electrons. The SMILES string of the molecule is C=CCOC(=O)C(=Cc1ccc2c(c1)OCO2)NC(=O)c1ccccc1Br. The number of nitrogens with one attached hydrogen (secondary N) is 1. The molecule has 0 radical (unpaired) electrons. The summed E-state index contributed by atoms with van der Waals surface area (Å²) in [6.45, 7) is 3.69. The molecule has 7 heteroatoms. The van der Waals surface area contributed by atoms with Crippen LogP contribution in [0.25, 0.3) is 6.08 Å². The number of benzene rings is 2. The molecule has 1 amide bonds. The molecule has 0 unspecified atom stereocenters. The minimum absolute atomic E-state index is 0.00327. The Morgan fingerprint density at radius 3 is 2.74 bits per heavy atom. The standard InChI is InChI=1S/C20H16BrNO5/c1-2-9-25-20(24)16(22-19(23)14-5-3-4-6-15(14)21)10-13-7-8-17-18(11-13)27-12-26-17/h2-8,10-11H,1,9,12H2,(H,22,23). The van der Waals surface area contributed by atoms with Crippen LogP contribution in [0.1, 0.15) is 15.9 Å². The number of halogens is 1. The van der Waals surface area contributed by atoms with Gasteiger partial charge in [0, 0.05) is 4.47 Å². The van der Waals surface area contributed by atoms with E-state index in [1.807, 2.05) is 0 Å². The van der Waals surface area contributed by atoms with Crippen LogP contribution in [0.2, 0.25) is 0 Å². The number of ether oxygens (including phenoxy) is 3. The summed E-state index contributed by atoms with van der Waals surface area (Å²) in [5.41, 5.74) is 1.04. The van der Waals surface area contributed by atoms with Gasteiger partial charge in [-0.2, -0.15) is 0 Å². The maximum atomic E-state index is 12.6. The number of hydrogen-bond acceptors (Lipinski definition) is 5. The summed E-state index contributed by atoms with van der Waals surface area (Å²) in [5, 5.41) is 2.61. The first-order valence-corrected chi connectivity index (χ1v) is 8.83. The molecule has 0 atom stereocenters. The highest BCUT2D eigenvalue weighted by Crippen LogP contribution is 2.33. The van der Waals surface area contributed by atoms with Crippen molar-refractivity contribution >= 4 is 33.9 Å². The summed E-state index contributed by atoms with van der Waals surface area (Å²) in [7, 11) is 0. The minimum atomic E-state index is -0.673. The van der Waals surface area contributed by atoms with Gasteiger partial charge in [-0.3, -0.25) is 4.79 Å². The molecule has 3 rings (SSSR count). The normalized spacial score (nSPS) is 12.4. The highest BCUT2D eigenvalue weighted by atomic mass is 79.9. The van der Waals surface area contributed by atoms with Gasteiger partial charge in [0.05, 0.1) is 5.56 Å². The zero-order chi connectivity index (χ0) is 19.2. The van der Waals surface area contributed by atoms with Gasteiger partial charge in [-0.25, -0.2) is 4.79 Å². The fourth-order valence-corrected chi connectivity index (χ4v) is 2.83. The van der Waals surface area contributed by atoms with Crippen molar-refractivity contribution in [2.24, 2.45) is 0 Å². The molecule has 0 saturated heterocycles. The smallest absolute Gasteiger partial charge is 0.355 e.